The van der Waals surface area contributed by atoms with Gasteiger partial charge in [-0.1, -0.05) is 6.07 Å². The highest BCUT2D eigenvalue weighted by atomic mass is 16.6. The fourth-order valence-electron chi connectivity index (χ4n) is 9.42. The van der Waals surface area contributed by atoms with Crippen LogP contribution in [0.2, 0.25) is 0 Å². The van der Waals surface area contributed by atoms with Crippen LogP contribution in [0.4, 0.5) is 0 Å². The van der Waals surface area contributed by atoms with E-state index in [0.29, 0.717) is 18.3 Å². The van der Waals surface area contributed by atoms with E-state index in [1.807, 2.05) is 0 Å². The standard InChI is InChI=1S/C28H37N3O6/c1-36-28-7-6-26(12-17(28)13-30-24(35)18(29)11-21(33)34)20-10-16-4-5-19(32)23-22(16)27(26,25(28)37-23)8-9-31(20)14-15-2-3-15/h4-5,15,17-18,20,25,32H,2-3,6-14,29H2,1H3,(H,30,35)(H,33,34)/t17?,18-,20+,25?,26+,27-,28?/m0/s1. The van der Waals surface area contributed by atoms with Crippen LogP contribution in [-0.4, -0.2) is 77.5 Å². The van der Waals surface area contributed by atoms with Crippen LogP contribution in [-0.2, 0) is 26.2 Å². The Kier molecular flexibility index (Phi) is 5.02. The average molecular weight is 512 g/mol. The van der Waals surface area contributed by atoms with Gasteiger partial charge in [0.05, 0.1) is 12.5 Å². The number of aliphatic carboxylic acids is 1. The number of carbonyl (C=O) groups excluding carboxylic acids is 1. The maximum Gasteiger partial charge on any atom is 0.305 e. The molecule has 2 heterocycles. The van der Waals surface area contributed by atoms with E-state index in [4.69, 9.17) is 20.3 Å². The SMILES string of the molecule is COC12CC[C@@]3(CC1CNC(=O)[C@@H](N)CC(=O)O)[C@H]1Cc4ccc(O)c5c4[C@@]3(CCN1CC1CC1)C2O5. The number of carboxylic acid groups (broad SMARTS) is 1. The van der Waals surface area contributed by atoms with Crippen molar-refractivity contribution in [3.05, 3.63) is 23.3 Å². The number of aromatic hydroxyl groups is 1. The molecule has 5 fully saturated rings. The van der Waals surface area contributed by atoms with E-state index >= 15 is 0 Å². The number of nitrogens with one attached hydrogen (secondary N) is 1. The predicted molar refractivity (Wildman–Crippen MR) is 133 cm³/mol. The summed E-state index contributed by atoms with van der Waals surface area (Å²) in [5, 5.41) is 22.9. The number of hydrogen-bond acceptors (Lipinski definition) is 7. The molecule has 37 heavy (non-hydrogen) atoms. The summed E-state index contributed by atoms with van der Waals surface area (Å²) >= 11 is 0. The van der Waals surface area contributed by atoms with Gasteiger partial charge in [0, 0.05) is 48.6 Å². The molecule has 1 aromatic carbocycles. The van der Waals surface area contributed by atoms with Crippen molar-refractivity contribution in [2.45, 2.75) is 80.6 Å². The van der Waals surface area contributed by atoms with Gasteiger partial charge in [-0.25, -0.2) is 0 Å². The summed E-state index contributed by atoms with van der Waals surface area (Å²) in [6.45, 7) is 2.54. The van der Waals surface area contributed by atoms with Crippen molar-refractivity contribution in [3.8, 4) is 11.5 Å². The third-order valence-corrected chi connectivity index (χ3v) is 11.1. The fourth-order valence-corrected chi connectivity index (χ4v) is 9.42. The number of methoxy groups -OCH3 is 1. The highest BCUT2D eigenvalue weighted by Gasteiger charge is 2.80. The third-order valence-electron chi connectivity index (χ3n) is 11.1. The van der Waals surface area contributed by atoms with Crippen LogP contribution in [0.25, 0.3) is 0 Å². The van der Waals surface area contributed by atoms with Crippen molar-refractivity contribution in [1.82, 2.24) is 10.2 Å². The number of phenolic OH excluding ortho intramolecular Hbond substituents is 1. The molecule has 2 spiro atoms. The normalized spacial score (nSPS) is 39.6. The minimum Gasteiger partial charge on any atom is -0.504 e. The molecule has 7 atom stereocenters. The number of carboxylic acids is 1. The molecular formula is C28H37N3O6. The number of piperidine rings is 1. The predicted octanol–water partition coefficient (Wildman–Crippen LogP) is 1.53. The molecule has 1 saturated heterocycles. The van der Waals surface area contributed by atoms with E-state index in [1.54, 1.807) is 13.2 Å². The number of likely N-dealkylation sites (tertiary alicyclic amines) is 1. The summed E-state index contributed by atoms with van der Waals surface area (Å²) < 4.78 is 13.2. The van der Waals surface area contributed by atoms with Crippen molar-refractivity contribution in [3.63, 3.8) is 0 Å². The van der Waals surface area contributed by atoms with E-state index in [-0.39, 0.29) is 28.6 Å². The smallest absolute Gasteiger partial charge is 0.305 e. The van der Waals surface area contributed by atoms with Gasteiger partial charge in [0.1, 0.15) is 11.7 Å². The largest absolute Gasteiger partial charge is 0.504 e. The molecule has 1 aromatic rings. The number of nitrogens with zero attached hydrogens (tertiary/aromatic N) is 1. The van der Waals surface area contributed by atoms with Gasteiger partial charge in [-0.05, 0) is 69.0 Å². The molecule has 1 amide bonds. The number of rotatable bonds is 8. The Labute approximate surface area is 216 Å². The van der Waals surface area contributed by atoms with Gasteiger partial charge < -0.3 is 30.7 Å². The maximum atomic E-state index is 12.7. The number of hydrogen-bond donors (Lipinski definition) is 4. The molecule has 0 radical (unpaired) electrons. The molecule has 9 heteroatoms. The summed E-state index contributed by atoms with van der Waals surface area (Å²) in [6.07, 6.45) is 6.69. The minimum absolute atomic E-state index is 0.00765. The second-order valence-electron chi connectivity index (χ2n) is 12.5. The fraction of sp³-hybridized carbons (Fsp3) is 0.714. The lowest BCUT2D eigenvalue weighted by Gasteiger charge is -2.74. The first-order valence-electron chi connectivity index (χ1n) is 13.8. The van der Waals surface area contributed by atoms with Crippen LogP contribution in [0.1, 0.15) is 56.1 Å². The molecule has 3 unspecified atom stereocenters. The zero-order chi connectivity index (χ0) is 25.7. The zero-order valence-electron chi connectivity index (χ0n) is 21.4. The Bertz CT molecular complexity index is 1170. The summed E-state index contributed by atoms with van der Waals surface area (Å²) in [7, 11) is 1.75. The lowest BCUT2D eigenvalue weighted by molar-refractivity contribution is -0.276. The van der Waals surface area contributed by atoms with Crippen LogP contribution >= 0.6 is 0 Å². The maximum absolute atomic E-state index is 12.7. The lowest BCUT2D eigenvalue weighted by Crippen LogP contribution is -2.81. The van der Waals surface area contributed by atoms with Crippen molar-refractivity contribution >= 4 is 11.9 Å². The average Bonchev–Trinajstić information content (AvgIpc) is 3.62. The van der Waals surface area contributed by atoms with Gasteiger partial charge in [0.2, 0.25) is 5.91 Å². The summed E-state index contributed by atoms with van der Waals surface area (Å²) in [5.74, 6) is 0.0916. The molecule has 0 aromatic heterocycles. The number of benzene rings is 1. The van der Waals surface area contributed by atoms with Gasteiger partial charge in [-0.15, -0.1) is 0 Å². The van der Waals surface area contributed by atoms with Crippen molar-refractivity contribution in [2.24, 2.45) is 23.0 Å². The monoisotopic (exact) mass is 511 g/mol. The zero-order valence-corrected chi connectivity index (χ0v) is 21.4. The molecule has 4 saturated carbocycles. The van der Waals surface area contributed by atoms with Gasteiger partial charge in [0.25, 0.3) is 0 Å². The molecule has 4 bridgehead atoms. The van der Waals surface area contributed by atoms with Crippen molar-refractivity contribution in [1.29, 1.82) is 0 Å². The highest BCUT2D eigenvalue weighted by molar-refractivity contribution is 5.85. The second kappa shape index (κ2) is 7.83. The van der Waals surface area contributed by atoms with E-state index in [1.165, 1.54) is 24.0 Å². The molecule has 8 rings (SSSR count). The quantitative estimate of drug-likeness (QED) is 0.413. The first-order valence-corrected chi connectivity index (χ1v) is 13.8. The third kappa shape index (κ3) is 2.96. The first-order chi connectivity index (χ1) is 17.8. The molecular weight excluding hydrogens is 474 g/mol. The van der Waals surface area contributed by atoms with Gasteiger partial charge >= 0.3 is 5.97 Å². The second-order valence-corrected chi connectivity index (χ2v) is 12.5. The summed E-state index contributed by atoms with van der Waals surface area (Å²) in [6, 6.07) is 3.18. The van der Waals surface area contributed by atoms with Gasteiger partial charge in [0.15, 0.2) is 11.5 Å². The molecule has 5 N–H and O–H groups in total. The van der Waals surface area contributed by atoms with Crippen LogP contribution in [0.5, 0.6) is 11.5 Å². The van der Waals surface area contributed by atoms with Crippen LogP contribution in [0, 0.1) is 17.3 Å². The first kappa shape index (κ1) is 23.7. The Balaban J connectivity index is 1.29. The van der Waals surface area contributed by atoms with E-state index in [2.05, 4.69) is 16.3 Å². The molecule has 9 nitrogen and oxygen atoms in total. The Hall–Kier alpha value is -2.36. The topological polar surface area (TPSA) is 134 Å². The van der Waals surface area contributed by atoms with E-state index < -0.39 is 29.9 Å². The number of carbonyl (C=O) groups is 2. The van der Waals surface area contributed by atoms with Gasteiger partial charge in [-0.3, -0.25) is 14.5 Å². The Morgan fingerprint density at radius 3 is 2.84 bits per heavy atom. The van der Waals surface area contributed by atoms with Crippen molar-refractivity contribution < 1.29 is 29.3 Å². The molecule has 5 aliphatic carbocycles. The van der Waals surface area contributed by atoms with Crippen LogP contribution in [0.15, 0.2) is 12.1 Å². The highest BCUT2D eigenvalue weighted by Crippen LogP contribution is 2.76. The summed E-state index contributed by atoms with van der Waals surface area (Å²) in [4.78, 5) is 26.5. The number of phenols is 1. The molecule has 2 aliphatic heterocycles. The van der Waals surface area contributed by atoms with Gasteiger partial charge in [-0.2, -0.15) is 0 Å². The van der Waals surface area contributed by atoms with Crippen molar-refractivity contribution in [2.75, 3.05) is 26.7 Å². The number of fused-ring (bicyclic) bond motifs is 2. The Morgan fingerprint density at radius 2 is 2.11 bits per heavy atom. The molecule has 200 valence electrons. The van der Waals surface area contributed by atoms with E-state index in [0.717, 1.165) is 51.1 Å². The lowest BCUT2D eigenvalue weighted by atomic mass is 9.35. The van der Waals surface area contributed by atoms with Crippen LogP contribution in [0.3, 0.4) is 0 Å². The van der Waals surface area contributed by atoms with E-state index in [9.17, 15) is 14.7 Å². The minimum atomic E-state index is -1.09. The summed E-state index contributed by atoms with van der Waals surface area (Å²) in [5.41, 5.74) is 7.51. The molecule has 7 aliphatic rings. The number of amides is 1. The Morgan fingerprint density at radius 1 is 1.30 bits per heavy atom. The van der Waals surface area contributed by atoms with Crippen LogP contribution < -0.4 is 15.8 Å². The number of ether oxygens (including phenoxy) is 2. The number of nitrogens with two attached hydrogens (primary N) is 1.